The maximum Gasteiger partial charge on any atom is 0.208 e. The number of rotatable bonds is 6. The van der Waals surface area contributed by atoms with E-state index in [0.717, 1.165) is 25.0 Å². The molecular weight excluding hydrogens is 216 g/mol. The molecule has 17 heavy (non-hydrogen) atoms. The summed E-state index contributed by atoms with van der Waals surface area (Å²) in [5.41, 5.74) is 2.72. The monoisotopic (exact) mass is 242 g/mol. The van der Waals surface area contributed by atoms with Crippen LogP contribution in [-0.4, -0.2) is 43.7 Å². The zero-order valence-electron chi connectivity index (χ0n) is 11.3. The summed E-state index contributed by atoms with van der Waals surface area (Å²) in [7, 11) is 1.69. The van der Waals surface area contributed by atoms with Crippen LogP contribution >= 0.6 is 0 Å². The summed E-state index contributed by atoms with van der Waals surface area (Å²) in [6, 6.07) is 0.126. The molecular formula is C12H26N4O. The zero-order valence-corrected chi connectivity index (χ0v) is 11.3. The highest BCUT2D eigenvalue weighted by molar-refractivity contribution is 5.79. The molecule has 0 aliphatic heterocycles. The van der Waals surface area contributed by atoms with E-state index in [2.05, 4.69) is 22.2 Å². The van der Waals surface area contributed by atoms with Crippen LogP contribution in [0.4, 0.5) is 0 Å². The Morgan fingerprint density at radius 2 is 2.29 bits per heavy atom. The number of nitrogens with two attached hydrogens (primary N) is 1. The predicted octanol–water partition coefficient (Wildman–Crippen LogP) is 0.963. The van der Waals surface area contributed by atoms with Gasteiger partial charge in [0, 0.05) is 20.2 Å². The second-order valence-electron chi connectivity index (χ2n) is 4.74. The summed E-state index contributed by atoms with van der Waals surface area (Å²) in [6.45, 7) is 6.76. The molecule has 0 bridgehead atoms. The molecule has 5 nitrogen and oxygen atoms in total. The fraction of sp³-hybridized carbons (Fsp3) is 0.917. The molecule has 0 spiro atoms. The summed E-state index contributed by atoms with van der Waals surface area (Å²) in [6.07, 6.45) is 4.04. The van der Waals surface area contributed by atoms with Crippen molar-refractivity contribution in [1.82, 2.24) is 10.3 Å². The highest BCUT2D eigenvalue weighted by Gasteiger charge is 2.21. The minimum Gasteiger partial charge on any atom is -0.382 e. The lowest BCUT2D eigenvalue weighted by Crippen LogP contribution is -2.48. The van der Waals surface area contributed by atoms with Gasteiger partial charge in [-0.05, 0) is 32.6 Å². The molecule has 1 aliphatic rings. The summed E-state index contributed by atoms with van der Waals surface area (Å²) >= 11 is 0. The smallest absolute Gasteiger partial charge is 0.208 e. The van der Waals surface area contributed by atoms with E-state index in [4.69, 9.17) is 10.6 Å². The van der Waals surface area contributed by atoms with Crippen molar-refractivity contribution < 1.29 is 4.74 Å². The first-order valence-electron chi connectivity index (χ1n) is 6.49. The van der Waals surface area contributed by atoms with Gasteiger partial charge >= 0.3 is 0 Å². The molecule has 1 rings (SSSR count). The van der Waals surface area contributed by atoms with Crippen LogP contribution in [0.15, 0.2) is 4.99 Å². The van der Waals surface area contributed by atoms with Crippen LogP contribution in [0.25, 0.3) is 0 Å². The average molecular weight is 242 g/mol. The topological polar surface area (TPSA) is 62.9 Å². The Hall–Kier alpha value is -0.810. The third-order valence-corrected chi connectivity index (χ3v) is 3.26. The first-order valence-corrected chi connectivity index (χ1v) is 6.49. The van der Waals surface area contributed by atoms with Crippen molar-refractivity contribution >= 4 is 5.96 Å². The van der Waals surface area contributed by atoms with E-state index in [1.54, 1.807) is 7.11 Å². The lowest BCUT2D eigenvalue weighted by Gasteiger charge is -2.33. The van der Waals surface area contributed by atoms with Gasteiger partial charge in [0.15, 0.2) is 0 Å². The van der Waals surface area contributed by atoms with Gasteiger partial charge in [0.1, 0.15) is 0 Å². The number of methoxy groups -OCH3 is 1. The molecule has 1 atom stereocenters. The van der Waals surface area contributed by atoms with Crippen molar-refractivity contribution in [3.63, 3.8) is 0 Å². The average Bonchev–Trinajstić information content (AvgIpc) is 2.26. The van der Waals surface area contributed by atoms with Gasteiger partial charge in [0.2, 0.25) is 5.96 Å². The number of nitrogens with zero attached hydrogens (tertiary/aromatic N) is 2. The van der Waals surface area contributed by atoms with Gasteiger partial charge in [-0.3, -0.25) is 5.43 Å². The third-order valence-electron chi connectivity index (χ3n) is 3.26. The molecule has 0 aromatic heterocycles. The van der Waals surface area contributed by atoms with Gasteiger partial charge < -0.3 is 9.64 Å². The summed E-state index contributed by atoms with van der Waals surface area (Å²) in [5, 5.41) is 0. The Morgan fingerprint density at radius 3 is 2.71 bits per heavy atom. The fourth-order valence-electron chi connectivity index (χ4n) is 2.05. The quantitative estimate of drug-likeness (QED) is 0.315. The van der Waals surface area contributed by atoms with E-state index >= 15 is 0 Å². The normalized spacial score (nSPS) is 18.7. The van der Waals surface area contributed by atoms with Gasteiger partial charge in [-0.25, -0.2) is 10.8 Å². The van der Waals surface area contributed by atoms with Crippen molar-refractivity contribution in [2.45, 2.75) is 39.2 Å². The summed E-state index contributed by atoms with van der Waals surface area (Å²) < 4.78 is 5.08. The third kappa shape index (κ3) is 4.52. The van der Waals surface area contributed by atoms with Crippen molar-refractivity contribution in [2.75, 3.05) is 26.8 Å². The van der Waals surface area contributed by atoms with E-state index in [0.29, 0.717) is 6.61 Å². The van der Waals surface area contributed by atoms with Crippen molar-refractivity contribution in [3.05, 3.63) is 0 Å². The van der Waals surface area contributed by atoms with Gasteiger partial charge in [-0.15, -0.1) is 0 Å². The van der Waals surface area contributed by atoms with Crippen LogP contribution < -0.4 is 11.3 Å². The van der Waals surface area contributed by atoms with Crippen molar-refractivity contribution in [3.8, 4) is 0 Å². The number of hydrogen-bond acceptors (Lipinski definition) is 3. The first-order chi connectivity index (χ1) is 8.21. The van der Waals surface area contributed by atoms with E-state index in [1.807, 2.05) is 6.92 Å². The lowest BCUT2D eigenvalue weighted by atomic mass is 9.85. The first kappa shape index (κ1) is 14.3. The zero-order chi connectivity index (χ0) is 12.7. The molecule has 1 unspecified atom stereocenters. The van der Waals surface area contributed by atoms with Crippen LogP contribution in [0.2, 0.25) is 0 Å². The maximum absolute atomic E-state index is 5.57. The molecule has 0 amide bonds. The largest absolute Gasteiger partial charge is 0.382 e. The van der Waals surface area contributed by atoms with Crippen LogP contribution in [-0.2, 0) is 4.74 Å². The van der Waals surface area contributed by atoms with Gasteiger partial charge in [0.05, 0.1) is 12.6 Å². The highest BCUT2D eigenvalue weighted by atomic mass is 16.5. The number of ether oxygens (including phenoxy) is 1. The molecule has 0 radical (unpaired) electrons. The second-order valence-corrected chi connectivity index (χ2v) is 4.74. The SMILES string of the molecule is CCN(CC1CCC1)C(=NC(C)COC)NN. The molecule has 0 aromatic rings. The fourth-order valence-corrected chi connectivity index (χ4v) is 2.05. The van der Waals surface area contributed by atoms with Crippen LogP contribution in [0.5, 0.6) is 0 Å². The van der Waals surface area contributed by atoms with E-state index < -0.39 is 0 Å². The molecule has 100 valence electrons. The number of hydrogen-bond donors (Lipinski definition) is 2. The number of hydrazine groups is 1. The van der Waals surface area contributed by atoms with Crippen LogP contribution in [0, 0.1) is 5.92 Å². The Morgan fingerprint density at radius 1 is 1.59 bits per heavy atom. The number of aliphatic imine (C=N–C) groups is 1. The van der Waals surface area contributed by atoms with E-state index in [-0.39, 0.29) is 6.04 Å². The summed E-state index contributed by atoms with van der Waals surface area (Å²) in [4.78, 5) is 6.77. The molecule has 0 saturated heterocycles. The Labute approximate surface area is 104 Å². The molecule has 0 heterocycles. The predicted molar refractivity (Wildman–Crippen MR) is 70.7 cm³/mol. The number of nitrogens with one attached hydrogen (secondary N) is 1. The second kappa shape index (κ2) is 7.50. The minimum absolute atomic E-state index is 0.126. The van der Waals surface area contributed by atoms with Gasteiger partial charge in [-0.2, -0.15) is 0 Å². The Balaban J connectivity index is 2.54. The Bertz CT molecular complexity index is 241. The number of guanidine groups is 1. The molecule has 1 aliphatic carbocycles. The lowest BCUT2D eigenvalue weighted by molar-refractivity contribution is 0.184. The molecule has 1 fully saturated rings. The van der Waals surface area contributed by atoms with Crippen LogP contribution in [0.1, 0.15) is 33.1 Å². The molecule has 3 N–H and O–H groups in total. The minimum atomic E-state index is 0.126. The highest BCUT2D eigenvalue weighted by Crippen LogP contribution is 2.27. The summed E-state index contributed by atoms with van der Waals surface area (Å²) in [5.74, 6) is 7.16. The standard InChI is InChI=1S/C12H26N4O/c1-4-16(8-11-6-5-7-11)12(15-13)14-10(2)9-17-3/h10-11H,4-9,13H2,1-3H3,(H,14,15). The molecule has 0 aromatic carbocycles. The van der Waals surface area contributed by atoms with Gasteiger partial charge in [-0.1, -0.05) is 6.42 Å². The molecule has 1 saturated carbocycles. The van der Waals surface area contributed by atoms with E-state index in [9.17, 15) is 0 Å². The Kier molecular flexibility index (Phi) is 6.29. The van der Waals surface area contributed by atoms with Crippen LogP contribution in [0.3, 0.4) is 0 Å². The van der Waals surface area contributed by atoms with Gasteiger partial charge in [0.25, 0.3) is 0 Å². The van der Waals surface area contributed by atoms with Crippen molar-refractivity contribution in [1.29, 1.82) is 0 Å². The van der Waals surface area contributed by atoms with Crippen molar-refractivity contribution in [2.24, 2.45) is 16.8 Å². The molecule has 5 heteroatoms. The van der Waals surface area contributed by atoms with E-state index in [1.165, 1.54) is 19.3 Å². The maximum atomic E-state index is 5.57.